The standard InChI is InChI=1S/C20H29N5O6S/c1-11-13(9-25(17(21)27)22-18(28)29)32-16-14(11)15(26)24(10-20(2,3)4)19(30)23(16)8-12-6-5-7-31-12/h12,22H,5-10H2,1-4H3,(H2,21,27)(H,28,29). The van der Waals surface area contributed by atoms with E-state index in [0.717, 1.165) is 17.9 Å². The number of nitrogens with two attached hydrogens (primary N) is 1. The highest BCUT2D eigenvalue weighted by molar-refractivity contribution is 7.18. The predicted molar refractivity (Wildman–Crippen MR) is 120 cm³/mol. The number of hydrazine groups is 1. The zero-order valence-corrected chi connectivity index (χ0v) is 19.5. The summed E-state index contributed by atoms with van der Waals surface area (Å²) < 4.78 is 8.54. The lowest BCUT2D eigenvalue weighted by atomic mass is 9.97. The zero-order valence-electron chi connectivity index (χ0n) is 18.6. The van der Waals surface area contributed by atoms with E-state index in [0.29, 0.717) is 33.8 Å². The van der Waals surface area contributed by atoms with Crippen molar-refractivity contribution in [2.24, 2.45) is 11.1 Å². The number of aromatic nitrogens is 2. The van der Waals surface area contributed by atoms with Gasteiger partial charge in [0.05, 0.1) is 24.6 Å². The first-order valence-electron chi connectivity index (χ1n) is 10.3. The molecule has 1 atom stereocenters. The normalized spacial score (nSPS) is 16.4. The van der Waals surface area contributed by atoms with E-state index in [1.165, 1.54) is 15.9 Å². The molecule has 0 radical (unpaired) electrons. The van der Waals surface area contributed by atoms with Gasteiger partial charge in [-0.1, -0.05) is 20.8 Å². The van der Waals surface area contributed by atoms with Crippen molar-refractivity contribution in [3.05, 3.63) is 31.3 Å². The molecule has 32 heavy (non-hydrogen) atoms. The summed E-state index contributed by atoms with van der Waals surface area (Å²) in [7, 11) is 0. The molecule has 1 aliphatic heterocycles. The number of aryl methyl sites for hydroxylation is 1. The number of ether oxygens (including phenoxy) is 1. The van der Waals surface area contributed by atoms with Crippen molar-refractivity contribution in [3.63, 3.8) is 0 Å². The largest absolute Gasteiger partial charge is 0.464 e. The molecule has 0 saturated carbocycles. The first-order chi connectivity index (χ1) is 14.9. The Kier molecular flexibility index (Phi) is 6.65. The van der Waals surface area contributed by atoms with Gasteiger partial charge in [-0.2, -0.15) is 0 Å². The van der Waals surface area contributed by atoms with Crippen LogP contribution in [0.5, 0.6) is 0 Å². The molecule has 1 aliphatic rings. The number of amides is 3. The molecule has 2 aromatic heterocycles. The van der Waals surface area contributed by atoms with Crippen LogP contribution in [0.4, 0.5) is 9.59 Å². The van der Waals surface area contributed by atoms with Crippen LogP contribution in [-0.2, 0) is 24.4 Å². The lowest BCUT2D eigenvalue weighted by molar-refractivity contribution is 0.0964. The average molecular weight is 468 g/mol. The van der Waals surface area contributed by atoms with Crippen molar-refractivity contribution in [1.29, 1.82) is 0 Å². The maximum Gasteiger partial charge on any atom is 0.423 e. The third-order valence-corrected chi connectivity index (χ3v) is 6.53. The number of nitrogens with zero attached hydrogens (tertiary/aromatic N) is 3. The van der Waals surface area contributed by atoms with Crippen LogP contribution >= 0.6 is 11.3 Å². The number of carbonyl (C=O) groups excluding carboxylic acids is 1. The molecule has 0 spiro atoms. The number of thiophene rings is 1. The number of carbonyl (C=O) groups is 2. The van der Waals surface area contributed by atoms with Gasteiger partial charge in [0, 0.05) is 18.0 Å². The van der Waals surface area contributed by atoms with Crippen molar-refractivity contribution in [3.8, 4) is 0 Å². The van der Waals surface area contributed by atoms with Gasteiger partial charge in [-0.15, -0.1) is 11.3 Å². The number of urea groups is 1. The van der Waals surface area contributed by atoms with E-state index >= 15 is 0 Å². The van der Waals surface area contributed by atoms with Crippen LogP contribution in [0.15, 0.2) is 9.59 Å². The molecule has 1 fully saturated rings. The minimum Gasteiger partial charge on any atom is -0.464 e. The van der Waals surface area contributed by atoms with Crippen molar-refractivity contribution < 1.29 is 19.4 Å². The highest BCUT2D eigenvalue weighted by Gasteiger charge is 2.26. The van der Waals surface area contributed by atoms with Gasteiger partial charge in [-0.3, -0.25) is 13.9 Å². The summed E-state index contributed by atoms with van der Waals surface area (Å²) in [6, 6.07) is -0.980. The molecule has 0 bridgehead atoms. The summed E-state index contributed by atoms with van der Waals surface area (Å²) in [5, 5.41) is 10.1. The fraction of sp³-hybridized carbons (Fsp3) is 0.600. The second kappa shape index (κ2) is 8.94. The summed E-state index contributed by atoms with van der Waals surface area (Å²) in [6.45, 7) is 8.58. The molecule has 3 amide bonds. The summed E-state index contributed by atoms with van der Waals surface area (Å²) in [6.07, 6.45) is 0.165. The fourth-order valence-corrected chi connectivity index (χ4v) is 5.08. The lowest BCUT2D eigenvalue weighted by Gasteiger charge is -2.21. The van der Waals surface area contributed by atoms with Crippen molar-refractivity contribution in [2.45, 2.75) is 66.3 Å². The third kappa shape index (κ3) is 4.96. The van der Waals surface area contributed by atoms with E-state index in [2.05, 4.69) is 0 Å². The van der Waals surface area contributed by atoms with Gasteiger partial charge >= 0.3 is 17.8 Å². The quantitative estimate of drug-likeness (QED) is 0.571. The Morgan fingerprint density at radius 3 is 2.53 bits per heavy atom. The van der Waals surface area contributed by atoms with Gasteiger partial charge in [0.2, 0.25) is 0 Å². The number of primary amides is 1. The van der Waals surface area contributed by atoms with E-state index in [9.17, 15) is 19.2 Å². The fourth-order valence-electron chi connectivity index (χ4n) is 3.79. The number of rotatable bonds is 5. The highest BCUT2D eigenvalue weighted by Crippen LogP contribution is 2.30. The van der Waals surface area contributed by atoms with E-state index < -0.39 is 23.4 Å². The third-order valence-electron chi connectivity index (χ3n) is 5.23. The minimum absolute atomic E-state index is 0.127. The Balaban J connectivity index is 2.19. The summed E-state index contributed by atoms with van der Waals surface area (Å²) >= 11 is 1.17. The van der Waals surface area contributed by atoms with Crippen molar-refractivity contribution >= 4 is 33.7 Å². The van der Waals surface area contributed by atoms with E-state index in [-0.39, 0.29) is 24.6 Å². The molecule has 3 rings (SSSR count). The van der Waals surface area contributed by atoms with Gasteiger partial charge < -0.3 is 15.6 Å². The first kappa shape index (κ1) is 23.8. The summed E-state index contributed by atoms with van der Waals surface area (Å²) in [5.41, 5.74) is 6.71. The number of hydrogen-bond donors (Lipinski definition) is 3. The maximum absolute atomic E-state index is 13.4. The number of carboxylic acid groups (broad SMARTS) is 1. The molecule has 1 unspecified atom stereocenters. The molecule has 4 N–H and O–H groups in total. The second-order valence-corrected chi connectivity index (χ2v) is 10.2. The Bertz CT molecular complexity index is 1150. The van der Waals surface area contributed by atoms with Crippen molar-refractivity contribution in [1.82, 2.24) is 19.6 Å². The second-order valence-electron chi connectivity index (χ2n) is 9.15. The molecule has 2 aromatic rings. The van der Waals surface area contributed by atoms with Crippen molar-refractivity contribution in [2.75, 3.05) is 6.61 Å². The van der Waals surface area contributed by atoms with Crippen LogP contribution in [0.25, 0.3) is 10.2 Å². The molecule has 0 aliphatic carbocycles. The van der Waals surface area contributed by atoms with Gasteiger partial charge in [0.25, 0.3) is 5.56 Å². The molecular weight excluding hydrogens is 438 g/mol. The number of hydrogen-bond acceptors (Lipinski definition) is 6. The SMILES string of the molecule is Cc1c(CN(NC(=O)O)C(N)=O)sc2c1c(=O)n(CC(C)(C)C)c(=O)n2CC1CCCO1. The summed E-state index contributed by atoms with van der Waals surface area (Å²) in [4.78, 5) is 50.5. The van der Waals surface area contributed by atoms with Crippen LogP contribution in [0.1, 0.15) is 44.1 Å². The van der Waals surface area contributed by atoms with E-state index in [1.54, 1.807) is 11.5 Å². The maximum atomic E-state index is 13.4. The Morgan fingerprint density at radius 1 is 1.31 bits per heavy atom. The highest BCUT2D eigenvalue weighted by atomic mass is 32.1. The van der Waals surface area contributed by atoms with Gasteiger partial charge in [0.15, 0.2) is 0 Å². The molecular formula is C20H29N5O6S. The van der Waals surface area contributed by atoms with E-state index in [4.69, 9.17) is 15.6 Å². The molecule has 0 aromatic carbocycles. The Labute approximate surface area is 188 Å². The summed E-state index contributed by atoms with van der Waals surface area (Å²) in [5.74, 6) is 0. The van der Waals surface area contributed by atoms with Crippen LogP contribution in [0.2, 0.25) is 0 Å². The Morgan fingerprint density at radius 2 is 2.00 bits per heavy atom. The predicted octanol–water partition coefficient (Wildman–Crippen LogP) is 1.82. The van der Waals surface area contributed by atoms with Gasteiger partial charge in [-0.25, -0.2) is 24.8 Å². The minimum atomic E-state index is -1.44. The zero-order chi connectivity index (χ0) is 23.8. The van der Waals surface area contributed by atoms with Crippen LogP contribution in [0.3, 0.4) is 0 Å². The molecule has 176 valence electrons. The van der Waals surface area contributed by atoms with Crippen LogP contribution in [-0.4, -0.2) is 44.1 Å². The smallest absolute Gasteiger partial charge is 0.423 e. The first-order valence-corrected chi connectivity index (χ1v) is 11.1. The molecule has 11 nitrogen and oxygen atoms in total. The monoisotopic (exact) mass is 467 g/mol. The molecule has 1 saturated heterocycles. The number of nitrogens with one attached hydrogen (secondary N) is 1. The molecule has 12 heteroatoms. The topological polar surface area (TPSA) is 149 Å². The van der Waals surface area contributed by atoms with Crippen LogP contribution < -0.4 is 22.4 Å². The lowest BCUT2D eigenvalue weighted by Crippen LogP contribution is -2.47. The van der Waals surface area contributed by atoms with E-state index in [1.807, 2.05) is 26.2 Å². The van der Waals surface area contributed by atoms with Crippen LogP contribution in [0, 0.1) is 12.3 Å². The number of fused-ring (bicyclic) bond motifs is 1. The van der Waals surface area contributed by atoms with Gasteiger partial charge in [-0.05, 0) is 30.7 Å². The Hall–Kier alpha value is -2.86. The van der Waals surface area contributed by atoms with Gasteiger partial charge in [0.1, 0.15) is 4.83 Å². The molecule has 3 heterocycles. The average Bonchev–Trinajstić information content (AvgIpc) is 3.29.